The van der Waals surface area contributed by atoms with Gasteiger partial charge in [-0.05, 0) is 0 Å². The number of hydrogen-bond acceptors (Lipinski definition) is 4. The van der Waals surface area contributed by atoms with E-state index in [9.17, 15) is 0 Å². The van der Waals surface area contributed by atoms with Crippen LogP contribution in [0.1, 0.15) is 0 Å². The van der Waals surface area contributed by atoms with Crippen LogP contribution in [0.5, 0.6) is 0 Å². The first-order valence-corrected chi connectivity index (χ1v) is 1.07. The molecule has 0 saturated heterocycles. The Hall–Kier alpha value is 3.04. The van der Waals surface area contributed by atoms with Gasteiger partial charge in [0.05, 0.1) is 11.9 Å². The van der Waals surface area contributed by atoms with Crippen molar-refractivity contribution >= 4 is 11.9 Å². The molecular formula is C2Cs2O4. The van der Waals surface area contributed by atoms with Gasteiger partial charge in [-0.2, -0.15) is 0 Å². The molecule has 0 spiro atoms. The SMILES string of the molecule is O=C([O-])C(=O)[O-].[Cs+].[Cs+]. The molecular weight excluding hydrogens is 354 g/mol. The van der Waals surface area contributed by atoms with Gasteiger partial charge in [0.2, 0.25) is 0 Å². The Bertz CT molecular complexity index is 78.0. The molecule has 0 aromatic rings. The summed E-state index contributed by atoms with van der Waals surface area (Å²) < 4.78 is 0. The van der Waals surface area contributed by atoms with Crippen molar-refractivity contribution in [3.63, 3.8) is 0 Å². The monoisotopic (exact) mass is 354 g/mol. The molecule has 4 nitrogen and oxygen atoms in total. The molecule has 0 aromatic heterocycles. The van der Waals surface area contributed by atoms with Gasteiger partial charge in [-0.3, -0.25) is 0 Å². The molecule has 0 rings (SSSR count). The Labute approximate surface area is 164 Å². The van der Waals surface area contributed by atoms with E-state index in [1.807, 2.05) is 0 Å². The maximum Gasteiger partial charge on any atom is 1.00 e. The first-order chi connectivity index (χ1) is 2.64. The molecule has 0 aliphatic heterocycles. The van der Waals surface area contributed by atoms with Crippen molar-refractivity contribution < 1.29 is 158 Å². The topological polar surface area (TPSA) is 80.3 Å². The average molecular weight is 354 g/mol. The van der Waals surface area contributed by atoms with Crippen LogP contribution in [0.3, 0.4) is 0 Å². The van der Waals surface area contributed by atoms with Crippen molar-refractivity contribution in [2.75, 3.05) is 0 Å². The second kappa shape index (κ2) is 10.0. The summed E-state index contributed by atoms with van der Waals surface area (Å²) in [5.74, 6) is -4.37. The van der Waals surface area contributed by atoms with Gasteiger partial charge in [0.1, 0.15) is 0 Å². The Kier molecular flexibility index (Phi) is 21.6. The number of carboxylic acid groups (broad SMARTS) is 2. The normalized spacial score (nSPS) is 5.50. The van der Waals surface area contributed by atoms with E-state index in [0.29, 0.717) is 0 Å². The zero-order valence-electron chi connectivity index (χ0n) is 4.63. The van der Waals surface area contributed by atoms with E-state index < -0.39 is 11.9 Å². The molecule has 0 unspecified atom stereocenters. The van der Waals surface area contributed by atoms with Crippen LogP contribution < -0.4 is 148 Å². The first-order valence-electron chi connectivity index (χ1n) is 1.07. The number of aliphatic carboxylic acids is 2. The van der Waals surface area contributed by atoms with Crippen molar-refractivity contribution in [1.29, 1.82) is 0 Å². The van der Waals surface area contributed by atoms with Crippen LogP contribution in [0.4, 0.5) is 0 Å². The fraction of sp³-hybridized carbons (Fsp3) is 0. The number of rotatable bonds is 0. The smallest absolute Gasteiger partial charge is 0.543 e. The number of carboxylic acids is 2. The molecule has 6 heteroatoms. The minimum atomic E-state index is -2.19. The van der Waals surface area contributed by atoms with Crippen LogP contribution in [0.15, 0.2) is 0 Å². The van der Waals surface area contributed by atoms with E-state index in [4.69, 9.17) is 19.8 Å². The zero-order chi connectivity index (χ0) is 5.15. The molecule has 0 radical (unpaired) electrons. The summed E-state index contributed by atoms with van der Waals surface area (Å²) >= 11 is 0. The Morgan fingerprint density at radius 1 is 0.875 bits per heavy atom. The maximum absolute atomic E-state index is 8.93. The summed E-state index contributed by atoms with van der Waals surface area (Å²) in [7, 11) is 0. The maximum atomic E-state index is 8.93. The summed E-state index contributed by atoms with van der Waals surface area (Å²) in [5.41, 5.74) is 0. The summed E-state index contributed by atoms with van der Waals surface area (Å²) in [6, 6.07) is 0. The van der Waals surface area contributed by atoms with Gasteiger partial charge >= 0.3 is 138 Å². The van der Waals surface area contributed by atoms with E-state index >= 15 is 0 Å². The molecule has 0 fully saturated rings. The molecule has 0 aliphatic carbocycles. The van der Waals surface area contributed by atoms with Gasteiger partial charge in [0, 0.05) is 0 Å². The third-order valence-electron chi connectivity index (χ3n) is 0.167. The molecule has 0 heterocycles. The Morgan fingerprint density at radius 2 is 1.00 bits per heavy atom. The fourth-order valence-electron chi connectivity index (χ4n) is 0. The molecule has 0 bridgehead atoms. The molecule has 0 amide bonds. The Morgan fingerprint density at radius 3 is 1.00 bits per heavy atom. The van der Waals surface area contributed by atoms with E-state index in [0.717, 1.165) is 0 Å². The van der Waals surface area contributed by atoms with E-state index in [1.54, 1.807) is 0 Å². The van der Waals surface area contributed by atoms with E-state index in [1.165, 1.54) is 0 Å². The molecule has 0 aromatic carbocycles. The van der Waals surface area contributed by atoms with Crippen LogP contribution in [-0.2, 0) is 9.59 Å². The number of carbonyl (C=O) groups is 2. The number of carbonyl (C=O) groups excluding carboxylic acids is 2. The largest absolute Gasteiger partial charge is 1.00 e. The second-order valence-electron chi connectivity index (χ2n) is 0.575. The third-order valence-corrected chi connectivity index (χ3v) is 0.167. The van der Waals surface area contributed by atoms with Gasteiger partial charge in [-0.25, -0.2) is 0 Å². The summed E-state index contributed by atoms with van der Waals surface area (Å²) in [6.45, 7) is 0. The van der Waals surface area contributed by atoms with Crippen LogP contribution in [0.2, 0.25) is 0 Å². The third kappa shape index (κ3) is 11.8. The van der Waals surface area contributed by atoms with Gasteiger partial charge in [0.25, 0.3) is 0 Å². The molecule has 0 atom stereocenters. The van der Waals surface area contributed by atoms with Crippen molar-refractivity contribution in [2.45, 2.75) is 0 Å². The molecule has 0 saturated carbocycles. The molecule has 8 heavy (non-hydrogen) atoms. The van der Waals surface area contributed by atoms with Crippen LogP contribution in [0.25, 0.3) is 0 Å². The standard InChI is InChI=1S/C2H2O4.2Cs/c3-1(4)2(5)6;;/h(H,3,4)(H,5,6);;/q;2*+1/p-2. The quantitative estimate of drug-likeness (QED) is 0.405. The minimum Gasteiger partial charge on any atom is -0.543 e. The summed E-state index contributed by atoms with van der Waals surface area (Å²) in [6.07, 6.45) is 0. The van der Waals surface area contributed by atoms with Crippen LogP contribution in [-0.4, -0.2) is 11.9 Å². The molecule has 34 valence electrons. The summed E-state index contributed by atoms with van der Waals surface area (Å²) in [5, 5.41) is 17.9. The van der Waals surface area contributed by atoms with Crippen molar-refractivity contribution in [1.82, 2.24) is 0 Å². The van der Waals surface area contributed by atoms with Crippen LogP contribution in [0, 0.1) is 0 Å². The second-order valence-corrected chi connectivity index (χ2v) is 0.575. The molecule has 0 N–H and O–H groups in total. The van der Waals surface area contributed by atoms with Gasteiger partial charge in [-0.15, -0.1) is 0 Å². The minimum absolute atomic E-state index is 0. The average Bonchev–Trinajstić information content (AvgIpc) is 1.36. The van der Waals surface area contributed by atoms with Gasteiger partial charge < -0.3 is 19.8 Å². The summed E-state index contributed by atoms with van der Waals surface area (Å²) in [4.78, 5) is 17.9. The predicted octanol–water partition coefficient (Wildman–Crippen LogP) is -9.51. The van der Waals surface area contributed by atoms with Crippen LogP contribution >= 0.6 is 0 Å². The first kappa shape index (κ1) is 17.2. The van der Waals surface area contributed by atoms with Crippen molar-refractivity contribution in [3.05, 3.63) is 0 Å². The zero-order valence-corrected chi connectivity index (χ0v) is 17.2. The van der Waals surface area contributed by atoms with E-state index in [-0.39, 0.29) is 138 Å². The van der Waals surface area contributed by atoms with Gasteiger partial charge in [-0.1, -0.05) is 0 Å². The molecule has 0 aliphatic rings. The van der Waals surface area contributed by atoms with E-state index in [2.05, 4.69) is 0 Å². The van der Waals surface area contributed by atoms with Crippen molar-refractivity contribution in [3.8, 4) is 0 Å². The van der Waals surface area contributed by atoms with Gasteiger partial charge in [0.15, 0.2) is 0 Å². The fourth-order valence-corrected chi connectivity index (χ4v) is 0. The van der Waals surface area contributed by atoms with Crippen molar-refractivity contribution in [2.24, 2.45) is 0 Å². The number of hydrogen-bond donors (Lipinski definition) is 0. The Balaban J connectivity index is -0.000000125. The predicted molar refractivity (Wildman–Crippen MR) is 10.0 cm³/mol.